The third-order valence-corrected chi connectivity index (χ3v) is 7.16. The number of halogens is 2. The second kappa shape index (κ2) is 7.71. The van der Waals surface area contributed by atoms with Crippen LogP contribution in [0.5, 0.6) is 0 Å². The van der Waals surface area contributed by atoms with Gasteiger partial charge in [0.25, 0.3) is 10.0 Å². The van der Waals surface area contributed by atoms with Crippen LogP contribution in [-0.4, -0.2) is 12.4 Å². The number of fused-ring (bicyclic) bond motifs is 1. The minimum absolute atomic E-state index is 0.250. The Hall–Kier alpha value is -2.53. The van der Waals surface area contributed by atoms with Crippen LogP contribution in [-0.2, 0) is 10.0 Å². The van der Waals surface area contributed by atoms with E-state index in [2.05, 4.69) is 0 Å². The molecule has 0 aliphatic carbocycles. The largest absolute Gasteiger partial charge is 0.268 e. The van der Waals surface area contributed by atoms with Gasteiger partial charge in [-0.15, -0.1) is 0 Å². The molecule has 4 rings (SSSR count). The lowest BCUT2D eigenvalue weighted by Gasteiger charge is -2.10. The highest BCUT2D eigenvalue weighted by Gasteiger charge is 2.23. The molecule has 0 atom stereocenters. The molecule has 0 radical (unpaired) electrons. The summed E-state index contributed by atoms with van der Waals surface area (Å²) in [6.07, 6.45) is 3.76. The third-order valence-electron chi connectivity index (χ3n) is 4.78. The Morgan fingerprint density at radius 3 is 2.28 bits per heavy atom. The molecule has 146 valence electrons. The highest BCUT2D eigenvalue weighted by Crippen LogP contribution is 2.32. The number of para-hydroxylation sites is 1. The summed E-state index contributed by atoms with van der Waals surface area (Å²) in [7, 11) is -3.73. The lowest BCUT2D eigenvalue weighted by atomic mass is 10.1. The standard InChI is InChI=1S/C23H17Cl2NO2S/c1-16-20(14-12-17-11-13-18(24)15-22(17)25)21-9-5-6-10-23(21)26(16)29(27,28)19-7-3-2-4-8-19/h2-15H,1H3/b14-12+. The molecule has 1 aromatic heterocycles. The fourth-order valence-electron chi connectivity index (χ4n) is 3.39. The molecule has 4 aromatic rings. The van der Waals surface area contributed by atoms with Gasteiger partial charge in [-0.25, -0.2) is 12.4 Å². The zero-order chi connectivity index (χ0) is 20.6. The molecule has 1 heterocycles. The van der Waals surface area contributed by atoms with Crippen LogP contribution in [0.3, 0.4) is 0 Å². The predicted octanol–water partition coefficient (Wildman–Crippen LogP) is 6.66. The molecule has 0 bridgehead atoms. The molecule has 0 saturated heterocycles. The van der Waals surface area contributed by atoms with Crippen LogP contribution < -0.4 is 0 Å². The Morgan fingerprint density at radius 1 is 0.862 bits per heavy atom. The van der Waals surface area contributed by atoms with E-state index in [0.29, 0.717) is 21.3 Å². The Balaban J connectivity index is 1.91. The van der Waals surface area contributed by atoms with Gasteiger partial charge in [-0.05, 0) is 42.8 Å². The molecule has 0 amide bonds. The molecule has 29 heavy (non-hydrogen) atoms. The fourth-order valence-corrected chi connectivity index (χ4v) is 5.45. The van der Waals surface area contributed by atoms with E-state index in [1.807, 2.05) is 49.4 Å². The molecule has 0 spiro atoms. The first-order chi connectivity index (χ1) is 13.9. The Labute approximate surface area is 179 Å². The van der Waals surface area contributed by atoms with Crippen molar-refractivity contribution in [1.82, 2.24) is 3.97 Å². The molecule has 0 aliphatic rings. The number of hydrogen-bond donors (Lipinski definition) is 0. The van der Waals surface area contributed by atoms with Crippen molar-refractivity contribution in [3.8, 4) is 0 Å². The van der Waals surface area contributed by atoms with Gasteiger partial charge in [0.1, 0.15) is 0 Å². The topological polar surface area (TPSA) is 39.1 Å². The molecule has 0 fully saturated rings. The van der Waals surface area contributed by atoms with Crippen molar-refractivity contribution in [1.29, 1.82) is 0 Å². The van der Waals surface area contributed by atoms with E-state index >= 15 is 0 Å². The molecule has 0 saturated carbocycles. The Bertz CT molecular complexity index is 1340. The zero-order valence-electron chi connectivity index (χ0n) is 15.5. The van der Waals surface area contributed by atoms with Gasteiger partial charge in [0.05, 0.1) is 10.4 Å². The van der Waals surface area contributed by atoms with Crippen LogP contribution in [0.25, 0.3) is 23.1 Å². The lowest BCUT2D eigenvalue weighted by Crippen LogP contribution is -2.14. The summed E-state index contributed by atoms with van der Waals surface area (Å²) in [5.74, 6) is 0. The molecule has 6 heteroatoms. The summed E-state index contributed by atoms with van der Waals surface area (Å²) >= 11 is 12.2. The van der Waals surface area contributed by atoms with Crippen LogP contribution in [0, 0.1) is 6.92 Å². The first-order valence-electron chi connectivity index (χ1n) is 8.93. The van der Waals surface area contributed by atoms with Gasteiger partial charge in [0, 0.05) is 26.7 Å². The maximum absolute atomic E-state index is 13.4. The second-order valence-corrected chi connectivity index (χ2v) is 9.23. The van der Waals surface area contributed by atoms with Crippen molar-refractivity contribution in [3.05, 3.63) is 99.7 Å². The van der Waals surface area contributed by atoms with Gasteiger partial charge in [-0.2, -0.15) is 0 Å². The van der Waals surface area contributed by atoms with E-state index in [-0.39, 0.29) is 4.90 Å². The summed E-state index contributed by atoms with van der Waals surface area (Å²) in [5, 5.41) is 1.95. The van der Waals surface area contributed by atoms with Crippen LogP contribution in [0.2, 0.25) is 10.0 Å². The van der Waals surface area contributed by atoms with Gasteiger partial charge in [-0.1, -0.05) is 77.8 Å². The van der Waals surface area contributed by atoms with Crippen LogP contribution in [0.15, 0.2) is 77.7 Å². The summed E-state index contributed by atoms with van der Waals surface area (Å²) < 4.78 is 28.1. The minimum atomic E-state index is -3.73. The van der Waals surface area contributed by atoms with Gasteiger partial charge < -0.3 is 0 Å². The summed E-state index contributed by atoms with van der Waals surface area (Å²) in [6.45, 7) is 1.81. The number of hydrogen-bond acceptors (Lipinski definition) is 2. The fraction of sp³-hybridized carbons (Fsp3) is 0.0435. The zero-order valence-corrected chi connectivity index (χ0v) is 17.8. The summed E-state index contributed by atoms with van der Waals surface area (Å²) in [4.78, 5) is 0.250. The Morgan fingerprint density at radius 2 is 1.55 bits per heavy atom. The highest BCUT2D eigenvalue weighted by molar-refractivity contribution is 7.90. The summed E-state index contributed by atoms with van der Waals surface area (Å²) in [5.41, 5.74) is 2.90. The monoisotopic (exact) mass is 441 g/mol. The first kappa shape index (κ1) is 19.8. The van der Waals surface area contributed by atoms with Crippen molar-refractivity contribution in [2.24, 2.45) is 0 Å². The molecule has 0 N–H and O–H groups in total. The van der Waals surface area contributed by atoms with Crippen LogP contribution in [0.4, 0.5) is 0 Å². The van der Waals surface area contributed by atoms with Crippen molar-refractivity contribution in [2.45, 2.75) is 11.8 Å². The maximum Gasteiger partial charge on any atom is 0.268 e. The van der Waals surface area contributed by atoms with Crippen LogP contribution >= 0.6 is 23.2 Å². The first-order valence-corrected chi connectivity index (χ1v) is 11.1. The van der Waals surface area contributed by atoms with Crippen LogP contribution in [0.1, 0.15) is 16.8 Å². The van der Waals surface area contributed by atoms with Crippen molar-refractivity contribution >= 4 is 56.3 Å². The third kappa shape index (κ3) is 3.60. The molecular formula is C23H17Cl2NO2S. The average Bonchev–Trinajstić information content (AvgIpc) is 3.00. The van der Waals surface area contributed by atoms with Gasteiger partial charge >= 0.3 is 0 Å². The minimum Gasteiger partial charge on any atom is -0.238 e. The molecular weight excluding hydrogens is 425 g/mol. The SMILES string of the molecule is Cc1c(/C=C/c2ccc(Cl)cc2Cl)c2ccccc2n1S(=O)(=O)c1ccccc1. The molecule has 0 unspecified atom stereocenters. The smallest absolute Gasteiger partial charge is 0.238 e. The van der Waals surface area contributed by atoms with Crippen molar-refractivity contribution < 1.29 is 8.42 Å². The van der Waals surface area contributed by atoms with Gasteiger partial charge in [0.15, 0.2) is 0 Å². The van der Waals surface area contributed by atoms with E-state index in [0.717, 1.165) is 16.5 Å². The van der Waals surface area contributed by atoms with E-state index in [9.17, 15) is 8.42 Å². The maximum atomic E-state index is 13.4. The van der Waals surface area contributed by atoms with E-state index in [1.165, 1.54) is 3.97 Å². The second-order valence-electron chi connectivity index (χ2n) is 6.60. The molecule has 3 aromatic carbocycles. The van der Waals surface area contributed by atoms with E-state index in [1.54, 1.807) is 42.5 Å². The average molecular weight is 442 g/mol. The molecule has 3 nitrogen and oxygen atoms in total. The number of benzene rings is 3. The Kier molecular flexibility index (Phi) is 5.26. The lowest BCUT2D eigenvalue weighted by molar-refractivity contribution is 0.588. The quantitative estimate of drug-likeness (QED) is 0.354. The van der Waals surface area contributed by atoms with Gasteiger partial charge in [0.2, 0.25) is 0 Å². The highest BCUT2D eigenvalue weighted by atomic mass is 35.5. The van der Waals surface area contributed by atoms with E-state index in [4.69, 9.17) is 23.2 Å². The normalized spacial score (nSPS) is 12.1. The van der Waals surface area contributed by atoms with E-state index < -0.39 is 10.0 Å². The van der Waals surface area contributed by atoms with Gasteiger partial charge in [-0.3, -0.25) is 0 Å². The summed E-state index contributed by atoms with van der Waals surface area (Å²) in [6, 6.07) is 21.2. The predicted molar refractivity (Wildman–Crippen MR) is 121 cm³/mol. The number of nitrogens with zero attached hydrogens (tertiary/aromatic N) is 1. The van der Waals surface area contributed by atoms with Crippen molar-refractivity contribution in [3.63, 3.8) is 0 Å². The van der Waals surface area contributed by atoms with Crippen molar-refractivity contribution in [2.75, 3.05) is 0 Å². The molecule has 0 aliphatic heterocycles. The number of rotatable bonds is 4. The number of aromatic nitrogens is 1.